The molecule has 27 heavy (non-hydrogen) atoms. The molecule has 0 aliphatic rings. The number of ketones is 1. The van der Waals surface area contributed by atoms with Crippen molar-refractivity contribution in [3.05, 3.63) is 60.3 Å². The first kappa shape index (κ1) is 18.7. The van der Waals surface area contributed by atoms with Crippen molar-refractivity contribution in [2.24, 2.45) is 0 Å². The minimum atomic E-state index is -0.0249. The Labute approximate surface area is 159 Å². The summed E-state index contributed by atoms with van der Waals surface area (Å²) in [6.07, 6.45) is 6.37. The summed E-state index contributed by atoms with van der Waals surface area (Å²) in [6.45, 7) is 0. The molecule has 0 radical (unpaired) electrons. The van der Waals surface area contributed by atoms with E-state index in [-0.39, 0.29) is 11.7 Å². The van der Waals surface area contributed by atoms with Gasteiger partial charge in [0.25, 0.3) is 0 Å². The fraction of sp³-hybridized carbons (Fsp3) is 0.273. The highest BCUT2D eigenvalue weighted by Crippen LogP contribution is 2.20. The molecule has 1 aromatic heterocycles. The fourth-order valence-electron chi connectivity index (χ4n) is 3.21. The minimum Gasteiger partial charge on any atom is -0.397 e. The third kappa shape index (κ3) is 4.97. The van der Waals surface area contributed by atoms with Crippen LogP contribution in [0.15, 0.2) is 54.7 Å². The number of nitrogens with two attached hydrogens (primary N) is 1. The number of amides is 1. The lowest BCUT2D eigenvalue weighted by molar-refractivity contribution is -0.116. The van der Waals surface area contributed by atoms with E-state index in [9.17, 15) is 9.59 Å². The van der Waals surface area contributed by atoms with Gasteiger partial charge < -0.3 is 16.0 Å². The van der Waals surface area contributed by atoms with Gasteiger partial charge in [-0.05, 0) is 37.1 Å². The predicted octanol–water partition coefficient (Wildman–Crippen LogP) is 4.91. The molecule has 4 N–H and O–H groups in total. The number of unbranched alkanes of at least 4 members (excludes halogenated alkanes) is 3. The van der Waals surface area contributed by atoms with Gasteiger partial charge in [0.05, 0.1) is 11.4 Å². The normalized spacial score (nSPS) is 10.8. The van der Waals surface area contributed by atoms with Crippen LogP contribution in [0.4, 0.5) is 11.4 Å². The van der Waals surface area contributed by atoms with E-state index in [1.54, 1.807) is 12.1 Å². The minimum absolute atomic E-state index is 0.0249. The Morgan fingerprint density at radius 2 is 1.67 bits per heavy atom. The van der Waals surface area contributed by atoms with E-state index in [0.29, 0.717) is 24.2 Å². The summed E-state index contributed by atoms with van der Waals surface area (Å²) in [5.74, 6) is 0.153. The monoisotopic (exact) mass is 363 g/mol. The third-order valence-electron chi connectivity index (χ3n) is 4.69. The second-order valence-electron chi connectivity index (χ2n) is 6.72. The maximum Gasteiger partial charge on any atom is 0.224 e. The van der Waals surface area contributed by atoms with Crippen molar-refractivity contribution in [3.8, 4) is 0 Å². The van der Waals surface area contributed by atoms with E-state index >= 15 is 0 Å². The average molecular weight is 363 g/mol. The predicted molar refractivity (Wildman–Crippen MR) is 110 cm³/mol. The van der Waals surface area contributed by atoms with E-state index in [1.807, 2.05) is 42.6 Å². The van der Waals surface area contributed by atoms with Gasteiger partial charge in [0.1, 0.15) is 0 Å². The van der Waals surface area contributed by atoms with Crippen molar-refractivity contribution in [1.29, 1.82) is 0 Å². The van der Waals surface area contributed by atoms with Gasteiger partial charge in [0.2, 0.25) is 5.91 Å². The summed E-state index contributed by atoms with van der Waals surface area (Å²) < 4.78 is 0. The summed E-state index contributed by atoms with van der Waals surface area (Å²) in [7, 11) is 0. The Balaban J connectivity index is 1.35. The molecule has 1 amide bonds. The average Bonchev–Trinajstić information content (AvgIpc) is 3.15. The molecule has 140 valence electrons. The number of H-pyrrole nitrogens is 1. The van der Waals surface area contributed by atoms with Crippen molar-refractivity contribution in [1.82, 2.24) is 4.98 Å². The number of anilines is 2. The highest BCUT2D eigenvalue weighted by molar-refractivity contribution is 6.07. The lowest BCUT2D eigenvalue weighted by atomic mass is 10.0. The number of carbonyl (C=O) groups excluding carboxylic acids is 2. The van der Waals surface area contributed by atoms with Crippen LogP contribution in [0.5, 0.6) is 0 Å². The Bertz CT molecular complexity index is 930. The topological polar surface area (TPSA) is 88.0 Å². The number of Topliss-reactive ketones (excluding diaryl/α,β-unsaturated/α-hetero) is 1. The highest BCUT2D eigenvalue weighted by Gasteiger charge is 2.10. The summed E-state index contributed by atoms with van der Waals surface area (Å²) >= 11 is 0. The van der Waals surface area contributed by atoms with Crippen LogP contribution >= 0.6 is 0 Å². The Morgan fingerprint density at radius 3 is 2.48 bits per heavy atom. The van der Waals surface area contributed by atoms with Crippen LogP contribution in [0, 0.1) is 0 Å². The summed E-state index contributed by atoms with van der Waals surface area (Å²) in [5, 5.41) is 3.82. The zero-order valence-corrected chi connectivity index (χ0v) is 15.3. The maximum absolute atomic E-state index is 12.4. The van der Waals surface area contributed by atoms with Gasteiger partial charge >= 0.3 is 0 Å². The molecule has 5 heteroatoms. The second kappa shape index (κ2) is 9.03. The van der Waals surface area contributed by atoms with E-state index in [2.05, 4.69) is 10.3 Å². The zero-order chi connectivity index (χ0) is 19.1. The Morgan fingerprint density at radius 1 is 0.889 bits per heavy atom. The van der Waals surface area contributed by atoms with Gasteiger partial charge in [0.15, 0.2) is 5.78 Å². The van der Waals surface area contributed by atoms with Crippen LogP contribution in [0.1, 0.15) is 48.9 Å². The maximum atomic E-state index is 12.4. The molecule has 0 saturated heterocycles. The number of aromatic nitrogens is 1. The number of carbonyl (C=O) groups is 2. The number of fused-ring (bicyclic) bond motifs is 1. The lowest BCUT2D eigenvalue weighted by Crippen LogP contribution is -2.12. The smallest absolute Gasteiger partial charge is 0.224 e. The largest absolute Gasteiger partial charge is 0.397 e. The van der Waals surface area contributed by atoms with Crippen molar-refractivity contribution in [2.75, 3.05) is 11.1 Å². The van der Waals surface area contributed by atoms with Gasteiger partial charge in [-0.2, -0.15) is 0 Å². The van der Waals surface area contributed by atoms with E-state index in [4.69, 9.17) is 5.73 Å². The lowest BCUT2D eigenvalue weighted by Gasteiger charge is -2.07. The first-order chi connectivity index (χ1) is 13.1. The van der Waals surface area contributed by atoms with Gasteiger partial charge in [-0.25, -0.2) is 0 Å². The molecular formula is C22H25N3O2. The second-order valence-corrected chi connectivity index (χ2v) is 6.72. The molecule has 1 heterocycles. The molecule has 0 spiro atoms. The van der Waals surface area contributed by atoms with Crippen molar-refractivity contribution in [2.45, 2.75) is 38.5 Å². The van der Waals surface area contributed by atoms with Crippen LogP contribution < -0.4 is 11.1 Å². The molecule has 5 nitrogen and oxygen atoms in total. The van der Waals surface area contributed by atoms with Crippen LogP contribution in [-0.4, -0.2) is 16.7 Å². The number of aromatic amines is 1. The molecule has 3 aromatic rings. The van der Waals surface area contributed by atoms with Crippen molar-refractivity contribution < 1.29 is 9.59 Å². The first-order valence-electron chi connectivity index (χ1n) is 9.39. The molecule has 2 aromatic carbocycles. The van der Waals surface area contributed by atoms with Crippen LogP contribution in [0.3, 0.4) is 0 Å². The van der Waals surface area contributed by atoms with Crippen molar-refractivity contribution >= 4 is 34.0 Å². The quantitative estimate of drug-likeness (QED) is 0.287. The zero-order valence-electron chi connectivity index (χ0n) is 15.3. The molecule has 0 unspecified atom stereocenters. The van der Waals surface area contributed by atoms with Gasteiger partial charge in [-0.15, -0.1) is 0 Å². The number of nitrogen functional groups attached to an aromatic ring is 1. The number of nitrogens with one attached hydrogen (secondary N) is 2. The summed E-state index contributed by atoms with van der Waals surface area (Å²) in [6, 6.07) is 15.0. The van der Waals surface area contributed by atoms with E-state index in [1.165, 1.54) is 0 Å². The van der Waals surface area contributed by atoms with Crippen LogP contribution in [-0.2, 0) is 4.79 Å². The number of benzene rings is 2. The molecule has 0 aliphatic carbocycles. The molecular weight excluding hydrogens is 338 g/mol. The fourth-order valence-corrected chi connectivity index (χ4v) is 3.21. The molecule has 0 fully saturated rings. The van der Waals surface area contributed by atoms with Gasteiger partial charge in [-0.1, -0.05) is 37.1 Å². The van der Waals surface area contributed by atoms with Gasteiger partial charge in [0, 0.05) is 35.5 Å². The summed E-state index contributed by atoms with van der Waals surface area (Å²) in [5.41, 5.74) is 8.83. The number of para-hydroxylation sites is 2. The number of rotatable bonds is 9. The van der Waals surface area contributed by atoms with Gasteiger partial charge in [-0.3, -0.25) is 9.59 Å². The molecule has 0 atom stereocenters. The third-order valence-corrected chi connectivity index (χ3v) is 4.69. The van der Waals surface area contributed by atoms with Crippen LogP contribution in [0.2, 0.25) is 0 Å². The number of hydrogen-bond donors (Lipinski definition) is 3. The van der Waals surface area contributed by atoms with Crippen molar-refractivity contribution in [3.63, 3.8) is 0 Å². The SMILES string of the molecule is Nc1ccccc1NC(=O)CCCCCCC(=O)c1cccc2[nH]ccc12. The Kier molecular flexibility index (Phi) is 6.26. The first-order valence-corrected chi connectivity index (χ1v) is 9.39. The number of hydrogen-bond acceptors (Lipinski definition) is 3. The van der Waals surface area contributed by atoms with Crippen LogP contribution in [0.25, 0.3) is 10.9 Å². The van der Waals surface area contributed by atoms with E-state index < -0.39 is 0 Å². The Hall–Kier alpha value is -3.08. The molecule has 0 bridgehead atoms. The molecule has 0 saturated carbocycles. The van der Waals surface area contributed by atoms with E-state index in [0.717, 1.165) is 42.1 Å². The molecule has 0 aliphatic heterocycles. The highest BCUT2D eigenvalue weighted by atomic mass is 16.1. The standard InChI is InChI=1S/C22H25N3O2/c23-18-9-5-6-10-20(18)25-22(27)13-4-2-1-3-12-21(26)17-8-7-11-19-16(17)14-15-24-19/h5-11,14-15,24H,1-4,12-13,23H2,(H,25,27). The molecule has 3 rings (SSSR count). The summed E-state index contributed by atoms with van der Waals surface area (Å²) in [4.78, 5) is 27.5.